The molecule has 0 saturated heterocycles. The Morgan fingerprint density at radius 2 is 1.83 bits per heavy atom. The predicted octanol–water partition coefficient (Wildman–Crippen LogP) is 0.523. The third kappa shape index (κ3) is 5.45. The van der Waals surface area contributed by atoms with E-state index in [9.17, 15) is 9.59 Å². The Balaban J connectivity index is 2.35. The van der Waals surface area contributed by atoms with Crippen LogP contribution in [-0.2, 0) is 16.0 Å². The van der Waals surface area contributed by atoms with Crippen molar-refractivity contribution < 1.29 is 9.59 Å². The summed E-state index contributed by atoms with van der Waals surface area (Å²) < 4.78 is 0. The fourth-order valence-corrected chi connectivity index (χ4v) is 1.53. The minimum Gasteiger partial charge on any atom is -0.355 e. The third-order valence-corrected chi connectivity index (χ3v) is 2.35. The number of likely N-dealkylation sites (N-methyl/N-ethyl adjacent to an activating group) is 1. The van der Waals surface area contributed by atoms with Gasteiger partial charge >= 0.3 is 0 Å². The molecule has 3 N–H and O–H groups in total. The van der Waals surface area contributed by atoms with Crippen molar-refractivity contribution in [3.05, 3.63) is 29.8 Å². The molecule has 5 nitrogen and oxygen atoms in total. The Bertz CT molecular complexity index is 401. The number of amides is 2. The first-order valence-corrected chi connectivity index (χ1v) is 5.89. The van der Waals surface area contributed by atoms with E-state index in [4.69, 9.17) is 0 Å². The fourth-order valence-electron chi connectivity index (χ4n) is 1.53. The Labute approximate surface area is 107 Å². The van der Waals surface area contributed by atoms with Gasteiger partial charge in [0.2, 0.25) is 11.8 Å². The maximum absolute atomic E-state index is 11.2. The predicted molar refractivity (Wildman–Crippen MR) is 71.4 cm³/mol. The minimum atomic E-state index is -0.0814. The number of carbonyl (C=O) groups excluding carboxylic acids is 2. The van der Waals surface area contributed by atoms with Crippen molar-refractivity contribution >= 4 is 17.5 Å². The molecule has 2 amide bonds. The van der Waals surface area contributed by atoms with E-state index in [1.165, 1.54) is 6.92 Å². The zero-order valence-corrected chi connectivity index (χ0v) is 10.7. The van der Waals surface area contributed by atoms with E-state index < -0.39 is 0 Å². The van der Waals surface area contributed by atoms with Crippen molar-refractivity contribution in [3.8, 4) is 0 Å². The molecular formula is C13H19N3O2. The lowest BCUT2D eigenvalue weighted by atomic mass is 10.1. The van der Waals surface area contributed by atoms with Crippen molar-refractivity contribution in [3.63, 3.8) is 0 Å². The Morgan fingerprint density at radius 3 is 2.39 bits per heavy atom. The standard InChI is InChI=1S/C13H19N3O2/c1-10(17)16-12-5-3-11(4-6-12)7-8-15-13(18)9-14-2/h3-6,14H,7-9H2,1-2H3,(H,15,18)(H,16,17). The van der Waals surface area contributed by atoms with Crippen LogP contribution in [0.5, 0.6) is 0 Å². The lowest BCUT2D eigenvalue weighted by Crippen LogP contribution is -2.33. The molecule has 0 aliphatic heterocycles. The van der Waals surface area contributed by atoms with Crippen LogP contribution in [0.4, 0.5) is 5.69 Å². The summed E-state index contributed by atoms with van der Waals surface area (Å²) in [7, 11) is 1.74. The van der Waals surface area contributed by atoms with E-state index in [-0.39, 0.29) is 11.8 Å². The maximum Gasteiger partial charge on any atom is 0.233 e. The van der Waals surface area contributed by atoms with Crippen LogP contribution < -0.4 is 16.0 Å². The van der Waals surface area contributed by atoms with E-state index in [2.05, 4.69) is 16.0 Å². The van der Waals surface area contributed by atoms with Crippen LogP contribution in [0.15, 0.2) is 24.3 Å². The highest BCUT2D eigenvalue weighted by atomic mass is 16.2. The van der Waals surface area contributed by atoms with Crippen LogP contribution in [-0.4, -0.2) is 32.0 Å². The number of anilines is 1. The van der Waals surface area contributed by atoms with Crippen molar-refractivity contribution in [2.45, 2.75) is 13.3 Å². The molecule has 0 aliphatic carbocycles. The van der Waals surface area contributed by atoms with Gasteiger partial charge in [0, 0.05) is 19.2 Å². The molecule has 0 bridgehead atoms. The van der Waals surface area contributed by atoms with Crippen LogP contribution in [0.3, 0.4) is 0 Å². The molecule has 0 atom stereocenters. The molecule has 98 valence electrons. The van der Waals surface area contributed by atoms with Gasteiger partial charge in [-0.05, 0) is 31.2 Å². The molecule has 0 saturated carbocycles. The molecule has 0 aromatic heterocycles. The molecule has 0 unspecified atom stereocenters. The van der Waals surface area contributed by atoms with Gasteiger partial charge in [-0.2, -0.15) is 0 Å². The molecule has 1 rings (SSSR count). The number of hydrogen-bond acceptors (Lipinski definition) is 3. The number of benzene rings is 1. The molecule has 1 aromatic rings. The van der Waals surface area contributed by atoms with Gasteiger partial charge < -0.3 is 16.0 Å². The van der Waals surface area contributed by atoms with E-state index >= 15 is 0 Å². The summed E-state index contributed by atoms with van der Waals surface area (Å²) in [5.41, 5.74) is 1.90. The van der Waals surface area contributed by atoms with Crippen LogP contribution in [0, 0.1) is 0 Å². The van der Waals surface area contributed by atoms with Gasteiger partial charge in [-0.15, -0.1) is 0 Å². The van der Waals surface area contributed by atoms with E-state index in [0.717, 1.165) is 17.7 Å². The highest BCUT2D eigenvalue weighted by molar-refractivity contribution is 5.88. The first kappa shape index (κ1) is 14.2. The number of hydrogen-bond donors (Lipinski definition) is 3. The molecule has 0 fully saturated rings. The van der Waals surface area contributed by atoms with Gasteiger partial charge in [0.05, 0.1) is 6.54 Å². The van der Waals surface area contributed by atoms with Gasteiger partial charge in [-0.25, -0.2) is 0 Å². The van der Waals surface area contributed by atoms with Crippen LogP contribution >= 0.6 is 0 Å². The first-order chi connectivity index (χ1) is 8.61. The number of rotatable bonds is 6. The van der Waals surface area contributed by atoms with Crippen molar-refractivity contribution in [2.75, 3.05) is 25.5 Å². The lowest BCUT2D eigenvalue weighted by Gasteiger charge is -2.06. The molecular weight excluding hydrogens is 230 g/mol. The number of carbonyl (C=O) groups is 2. The number of nitrogens with one attached hydrogen (secondary N) is 3. The van der Waals surface area contributed by atoms with Crippen LogP contribution in [0.2, 0.25) is 0 Å². The second-order valence-corrected chi connectivity index (χ2v) is 4.01. The summed E-state index contributed by atoms with van der Waals surface area (Å²) in [6, 6.07) is 7.59. The maximum atomic E-state index is 11.2. The normalized spacial score (nSPS) is 9.89. The Morgan fingerprint density at radius 1 is 1.17 bits per heavy atom. The fraction of sp³-hybridized carbons (Fsp3) is 0.385. The molecule has 0 spiro atoms. The zero-order valence-electron chi connectivity index (χ0n) is 10.7. The molecule has 5 heteroatoms. The van der Waals surface area contributed by atoms with E-state index in [1.807, 2.05) is 24.3 Å². The third-order valence-electron chi connectivity index (χ3n) is 2.35. The average Bonchev–Trinajstić information content (AvgIpc) is 2.31. The second-order valence-electron chi connectivity index (χ2n) is 4.01. The minimum absolute atomic E-state index is 0.00707. The van der Waals surface area contributed by atoms with Gasteiger partial charge in [0.25, 0.3) is 0 Å². The molecule has 0 radical (unpaired) electrons. The van der Waals surface area contributed by atoms with Gasteiger partial charge in [-0.3, -0.25) is 9.59 Å². The van der Waals surface area contributed by atoms with Crippen molar-refractivity contribution in [1.82, 2.24) is 10.6 Å². The van der Waals surface area contributed by atoms with Gasteiger partial charge in [0.1, 0.15) is 0 Å². The van der Waals surface area contributed by atoms with E-state index in [0.29, 0.717) is 13.1 Å². The summed E-state index contributed by atoms with van der Waals surface area (Å²) in [6.45, 7) is 2.42. The smallest absolute Gasteiger partial charge is 0.233 e. The monoisotopic (exact) mass is 249 g/mol. The summed E-state index contributed by atoms with van der Waals surface area (Å²) >= 11 is 0. The lowest BCUT2D eigenvalue weighted by molar-refractivity contribution is -0.120. The molecule has 18 heavy (non-hydrogen) atoms. The van der Waals surface area contributed by atoms with Crippen LogP contribution in [0.25, 0.3) is 0 Å². The van der Waals surface area contributed by atoms with Gasteiger partial charge in [0.15, 0.2) is 0 Å². The first-order valence-electron chi connectivity index (χ1n) is 5.89. The van der Waals surface area contributed by atoms with E-state index in [1.54, 1.807) is 7.05 Å². The topological polar surface area (TPSA) is 70.2 Å². The van der Waals surface area contributed by atoms with Crippen molar-refractivity contribution in [1.29, 1.82) is 0 Å². The van der Waals surface area contributed by atoms with Gasteiger partial charge in [-0.1, -0.05) is 12.1 Å². The summed E-state index contributed by atoms with van der Waals surface area (Å²) in [5, 5.41) is 8.30. The van der Waals surface area contributed by atoms with Crippen LogP contribution in [0.1, 0.15) is 12.5 Å². The quantitative estimate of drug-likeness (QED) is 0.688. The summed E-state index contributed by atoms with van der Waals surface area (Å²) in [4.78, 5) is 22.0. The molecule has 1 aromatic carbocycles. The Kier molecular flexibility index (Phi) is 5.87. The Hall–Kier alpha value is -1.88. The second kappa shape index (κ2) is 7.45. The SMILES string of the molecule is CNCC(=O)NCCc1ccc(NC(C)=O)cc1. The largest absolute Gasteiger partial charge is 0.355 e. The average molecular weight is 249 g/mol. The highest BCUT2D eigenvalue weighted by Crippen LogP contribution is 2.09. The summed E-state index contributed by atoms with van der Waals surface area (Å²) in [6.07, 6.45) is 0.774. The highest BCUT2D eigenvalue weighted by Gasteiger charge is 1.99. The molecule has 0 aliphatic rings. The molecule has 0 heterocycles. The zero-order chi connectivity index (χ0) is 13.4. The summed E-state index contributed by atoms with van der Waals surface area (Å²) in [5.74, 6) is -0.0885. The van der Waals surface area contributed by atoms with Crippen molar-refractivity contribution in [2.24, 2.45) is 0 Å².